The first-order valence-electron chi connectivity index (χ1n) is 5.67. The SMILES string of the molecule is CCC[P+](=O)[O-].CCC[P+](=O)[O-].CCC[P+](=O)[O-].[Al+3]. The molecule has 10 heteroatoms. The summed E-state index contributed by atoms with van der Waals surface area (Å²) in [5.41, 5.74) is 0. The third-order valence-electron chi connectivity index (χ3n) is 1.22. The molecular formula is C9H21AlO6P3+3. The van der Waals surface area contributed by atoms with Gasteiger partial charge in [0.2, 0.25) is 0 Å². The molecule has 0 saturated carbocycles. The monoisotopic (exact) mass is 345 g/mol. The maximum Gasteiger partial charge on any atom is 3.00 e. The van der Waals surface area contributed by atoms with Crippen molar-refractivity contribution in [1.82, 2.24) is 0 Å². The van der Waals surface area contributed by atoms with Crippen LogP contribution in [0, 0.1) is 0 Å². The van der Waals surface area contributed by atoms with E-state index in [1.807, 2.05) is 20.8 Å². The molecule has 0 aromatic rings. The second-order valence-corrected chi connectivity index (χ2v) is 6.51. The Hall–Kier alpha value is 0.712. The molecule has 0 aliphatic carbocycles. The second-order valence-electron chi connectivity index (χ2n) is 3.17. The summed E-state index contributed by atoms with van der Waals surface area (Å²) in [5.74, 6) is 0. The number of hydrogen-bond acceptors (Lipinski definition) is 6. The Labute approximate surface area is 128 Å². The molecule has 0 bridgehead atoms. The van der Waals surface area contributed by atoms with Crippen molar-refractivity contribution in [2.75, 3.05) is 18.5 Å². The summed E-state index contributed by atoms with van der Waals surface area (Å²) in [6.07, 6.45) is 3.19. The van der Waals surface area contributed by atoms with Gasteiger partial charge in [0.15, 0.2) is 0 Å². The Morgan fingerprint density at radius 2 is 0.789 bits per heavy atom. The molecule has 3 atom stereocenters. The first-order valence-corrected chi connectivity index (χ1v) is 9.75. The van der Waals surface area contributed by atoms with Crippen molar-refractivity contribution in [1.29, 1.82) is 0 Å². The van der Waals surface area contributed by atoms with E-state index in [-0.39, 0.29) is 17.4 Å². The van der Waals surface area contributed by atoms with E-state index < -0.39 is 24.1 Å². The molecule has 108 valence electrons. The molecule has 0 rings (SSSR count). The van der Waals surface area contributed by atoms with E-state index in [0.717, 1.165) is 19.3 Å². The van der Waals surface area contributed by atoms with E-state index in [9.17, 15) is 28.4 Å². The van der Waals surface area contributed by atoms with Gasteiger partial charge in [-0.1, -0.05) is 34.5 Å². The summed E-state index contributed by atoms with van der Waals surface area (Å²) >= 11 is 0. The van der Waals surface area contributed by atoms with Crippen LogP contribution in [0.25, 0.3) is 0 Å². The standard InChI is InChI=1S/3C3H7O2P.Al/c3*1-2-3-6(4)5;/h3*2-3H2,1H3;/q;;;+3. The van der Waals surface area contributed by atoms with E-state index in [4.69, 9.17) is 0 Å². The number of hydrogen-bond donors (Lipinski definition) is 0. The van der Waals surface area contributed by atoms with Gasteiger partial charge in [0, 0.05) is 0 Å². The molecule has 0 heterocycles. The predicted molar refractivity (Wildman–Crippen MR) is 74.0 cm³/mol. The molecule has 0 fully saturated rings. The summed E-state index contributed by atoms with van der Waals surface area (Å²) in [4.78, 5) is 28.9. The third-order valence-corrected chi connectivity index (χ3v) is 3.66. The van der Waals surface area contributed by atoms with Crippen LogP contribution >= 0.6 is 24.1 Å². The smallest absolute Gasteiger partial charge is 0.596 e. The van der Waals surface area contributed by atoms with Crippen LogP contribution < -0.4 is 14.7 Å². The van der Waals surface area contributed by atoms with Gasteiger partial charge in [0.1, 0.15) is 18.5 Å². The van der Waals surface area contributed by atoms with Gasteiger partial charge in [-0.25, -0.2) is 0 Å². The minimum absolute atomic E-state index is 0. The van der Waals surface area contributed by atoms with Crippen LogP contribution in [0.1, 0.15) is 40.0 Å². The van der Waals surface area contributed by atoms with E-state index >= 15 is 0 Å². The molecule has 0 aromatic carbocycles. The van der Waals surface area contributed by atoms with E-state index in [0.29, 0.717) is 18.5 Å². The number of rotatable bonds is 6. The van der Waals surface area contributed by atoms with Crippen LogP contribution in [0.5, 0.6) is 0 Å². The van der Waals surface area contributed by atoms with Crippen molar-refractivity contribution in [3.8, 4) is 0 Å². The van der Waals surface area contributed by atoms with Crippen LogP contribution in [-0.4, -0.2) is 35.8 Å². The maximum absolute atomic E-state index is 9.64. The van der Waals surface area contributed by atoms with Gasteiger partial charge in [-0.15, -0.1) is 0 Å². The molecule has 3 unspecified atom stereocenters. The molecule has 0 amide bonds. The summed E-state index contributed by atoms with van der Waals surface area (Å²) < 4.78 is 28.9. The largest absolute Gasteiger partial charge is 3.00 e. The van der Waals surface area contributed by atoms with E-state index in [1.165, 1.54) is 0 Å². The Kier molecular flexibility index (Phi) is 35.0. The minimum atomic E-state index is -2.10. The molecule has 0 saturated heterocycles. The zero-order valence-electron chi connectivity index (χ0n) is 11.6. The van der Waals surface area contributed by atoms with Crippen LogP contribution in [0.15, 0.2) is 0 Å². The topological polar surface area (TPSA) is 120 Å². The average molecular weight is 345 g/mol. The molecule has 0 spiro atoms. The van der Waals surface area contributed by atoms with Crippen LogP contribution in [0.2, 0.25) is 0 Å². The predicted octanol–water partition coefficient (Wildman–Crippen LogP) is 1.12. The van der Waals surface area contributed by atoms with Crippen molar-refractivity contribution in [3.63, 3.8) is 0 Å². The van der Waals surface area contributed by atoms with Crippen molar-refractivity contribution in [3.05, 3.63) is 0 Å². The van der Waals surface area contributed by atoms with Crippen LogP contribution in [0.4, 0.5) is 0 Å². The van der Waals surface area contributed by atoms with Gasteiger partial charge in [0.25, 0.3) is 0 Å². The van der Waals surface area contributed by atoms with Crippen molar-refractivity contribution >= 4 is 41.4 Å². The molecule has 0 N–H and O–H groups in total. The Balaban J connectivity index is -0.0000000865. The van der Waals surface area contributed by atoms with Crippen molar-refractivity contribution < 1.29 is 28.4 Å². The zero-order valence-corrected chi connectivity index (χ0v) is 15.4. The first-order chi connectivity index (χ1) is 8.31. The summed E-state index contributed by atoms with van der Waals surface area (Å²) in [6.45, 7) is 5.52. The molecule has 19 heavy (non-hydrogen) atoms. The minimum Gasteiger partial charge on any atom is -0.596 e. The fourth-order valence-corrected chi connectivity index (χ4v) is 1.64. The van der Waals surface area contributed by atoms with Crippen LogP contribution in [0.3, 0.4) is 0 Å². The van der Waals surface area contributed by atoms with Crippen molar-refractivity contribution in [2.45, 2.75) is 40.0 Å². The van der Waals surface area contributed by atoms with Gasteiger partial charge in [-0.05, 0) is 19.3 Å². The Morgan fingerprint density at radius 1 is 0.632 bits per heavy atom. The van der Waals surface area contributed by atoms with Crippen LogP contribution in [-0.2, 0) is 13.7 Å². The van der Waals surface area contributed by atoms with Gasteiger partial charge in [-0.3, -0.25) is 0 Å². The van der Waals surface area contributed by atoms with E-state index in [1.54, 1.807) is 0 Å². The Bertz CT molecular complexity index is 202. The van der Waals surface area contributed by atoms with Gasteiger partial charge in [-0.2, -0.15) is 0 Å². The first kappa shape index (κ1) is 28.0. The van der Waals surface area contributed by atoms with E-state index in [2.05, 4.69) is 0 Å². The fraction of sp³-hybridized carbons (Fsp3) is 1.00. The third kappa shape index (κ3) is 55.4. The second kappa shape index (κ2) is 23.8. The summed E-state index contributed by atoms with van der Waals surface area (Å²) in [6, 6.07) is 0. The normalized spacial score (nSPS) is 10.7. The molecular weight excluding hydrogens is 324 g/mol. The van der Waals surface area contributed by atoms with Gasteiger partial charge < -0.3 is 14.7 Å². The fourth-order valence-electron chi connectivity index (χ4n) is 0.548. The zero-order chi connectivity index (χ0) is 15.0. The molecule has 0 aromatic heterocycles. The van der Waals surface area contributed by atoms with Gasteiger partial charge in [0.05, 0.1) is 0 Å². The molecule has 0 aliphatic rings. The summed E-state index contributed by atoms with van der Waals surface area (Å²) in [5, 5.41) is 0. The maximum atomic E-state index is 9.64. The molecule has 0 aliphatic heterocycles. The average Bonchev–Trinajstić information content (AvgIpc) is 2.18. The molecule has 6 nitrogen and oxygen atoms in total. The quantitative estimate of drug-likeness (QED) is 0.525. The van der Waals surface area contributed by atoms with Crippen molar-refractivity contribution in [2.24, 2.45) is 0 Å². The van der Waals surface area contributed by atoms with Gasteiger partial charge >= 0.3 is 41.4 Å². The summed E-state index contributed by atoms with van der Waals surface area (Å²) in [7, 11) is -6.30. The Morgan fingerprint density at radius 3 is 0.789 bits per heavy atom. The molecule has 0 radical (unpaired) electrons.